The normalized spacial score (nSPS) is 21.8. The van der Waals surface area contributed by atoms with E-state index in [2.05, 4.69) is 13.8 Å². The van der Waals surface area contributed by atoms with Gasteiger partial charge in [0, 0.05) is 13.1 Å². The van der Waals surface area contributed by atoms with E-state index in [-0.39, 0.29) is 5.91 Å². The molecular formula is C10H20N2O. The summed E-state index contributed by atoms with van der Waals surface area (Å²) in [6.45, 7) is 4.14. The lowest BCUT2D eigenvalue weighted by molar-refractivity contribution is -0.140. The highest BCUT2D eigenvalue weighted by Crippen LogP contribution is 2.31. The standard InChI is InChI=1S/C10H20N2O/c1-4-8(2)12(3)9(13)10(11)6-5-7-10/h8H,4-7,11H2,1-3H3. The van der Waals surface area contributed by atoms with Gasteiger partial charge in [0.1, 0.15) is 0 Å². The van der Waals surface area contributed by atoms with E-state index in [0.29, 0.717) is 6.04 Å². The monoisotopic (exact) mass is 184 g/mol. The topological polar surface area (TPSA) is 46.3 Å². The molecule has 13 heavy (non-hydrogen) atoms. The zero-order chi connectivity index (χ0) is 10.1. The van der Waals surface area contributed by atoms with Gasteiger partial charge in [-0.2, -0.15) is 0 Å². The van der Waals surface area contributed by atoms with Crippen LogP contribution in [0.25, 0.3) is 0 Å². The van der Waals surface area contributed by atoms with E-state index in [1.165, 1.54) is 0 Å². The molecule has 3 heteroatoms. The fourth-order valence-corrected chi connectivity index (χ4v) is 1.60. The number of carbonyl (C=O) groups excluding carboxylic acids is 1. The van der Waals surface area contributed by atoms with Crippen LogP contribution in [0.15, 0.2) is 0 Å². The van der Waals surface area contributed by atoms with E-state index in [1.54, 1.807) is 4.90 Å². The number of amides is 1. The van der Waals surface area contributed by atoms with E-state index in [4.69, 9.17) is 5.73 Å². The summed E-state index contributed by atoms with van der Waals surface area (Å²) >= 11 is 0. The number of hydrogen-bond acceptors (Lipinski definition) is 2. The smallest absolute Gasteiger partial charge is 0.242 e. The molecule has 76 valence electrons. The van der Waals surface area contributed by atoms with Crippen LogP contribution in [0.2, 0.25) is 0 Å². The van der Waals surface area contributed by atoms with Crippen molar-refractivity contribution < 1.29 is 4.79 Å². The van der Waals surface area contributed by atoms with Crippen molar-refractivity contribution in [3.05, 3.63) is 0 Å². The van der Waals surface area contributed by atoms with Crippen LogP contribution in [-0.4, -0.2) is 29.4 Å². The van der Waals surface area contributed by atoms with Crippen molar-refractivity contribution in [3.8, 4) is 0 Å². The van der Waals surface area contributed by atoms with Crippen LogP contribution in [0.5, 0.6) is 0 Å². The number of hydrogen-bond donors (Lipinski definition) is 1. The zero-order valence-corrected chi connectivity index (χ0v) is 8.84. The molecule has 1 unspecified atom stereocenters. The first-order valence-corrected chi connectivity index (χ1v) is 5.07. The van der Waals surface area contributed by atoms with Crippen molar-refractivity contribution in [2.24, 2.45) is 5.73 Å². The summed E-state index contributed by atoms with van der Waals surface area (Å²) in [6.07, 6.45) is 3.79. The molecule has 1 aliphatic rings. The Hall–Kier alpha value is -0.570. The van der Waals surface area contributed by atoms with Gasteiger partial charge in [-0.1, -0.05) is 6.92 Å². The Morgan fingerprint density at radius 2 is 2.15 bits per heavy atom. The maximum absolute atomic E-state index is 11.8. The van der Waals surface area contributed by atoms with Crippen molar-refractivity contribution in [1.29, 1.82) is 0 Å². The van der Waals surface area contributed by atoms with Crippen molar-refractivity contribution in [3.63, 3.8) is 0 Å². The summed E-state index contributed by atoms with van der Waals surface area (Å²) in [7, 11) is 1.85. The van der Waals surface area contributed by atoms with E-state index >= 15 is 0 Å². The summed E-state index contributed by atoms with van der Waals surface area (Å²) in [6, 6.07) is 0.300. The maximum atomic E-state index is 11.8. The highest BCUT2D eigenvalue weighted by atomic mass is 16.2. The van der Waals surface area contributed by atoms with Crippen molar-refractivity contribution in [1.82, 2.24) is 4.90 Å². The SMILES string of the molecule is CCC(C)N(C)C(=O)C1(N)CCC1. The zero-order valence-electron chi connectivity index (χ0n) is 8.84. The predicted octanol–water partition coefficient (Wildman–Crippen LogP) is 1.12. The third kappa shape index (κ3) is 1.85. The van der Waals surface area contributed by atoms with E-state index < -0.39 is 5.54 Å². The Morgan fingerprint density at radius 3 is 2.46 bits per heavy atom. The molecule has 0 aromatic heterocycles. The van der Waals surface area contributed by atoms with Gasteiger partial charge >= 0.3 is 0 Å². The molecule has 1 saturated carbocycles. The summed E-state index contributed by atoms with van der Waals surface area (Å²) in [5.41, 5.74) is 5.42. The second-order valence-electron chi connectivity index (χ2n) is 4.18. The number of carbonyl (C=O) groups is 1. The Bertz CT molecular complexity index is 199. The molecule has 1 amide bonds. The molecule has 1 rings (SSSR count). The first-order chi connectivity index (χ1) is 6.01. The predicted molar refractivity (Wildman–Crippen MR) is 53.3 cm³/mol. The van der Waals surface area contributed by atoms with Crippen LogP contribution >= 0.6 is 0 Å². The van der Waals surface area contributed by atoms with Gasteiger partial charge in [0.2, 0.25) is 5.91 Å². The lowest BCUT2D eigenvalue weighted by Crippen LogP contribution is -2.60. The molecular weight excluding hydrogens is 164 g/mol. The average Bonchev–Trinajstić information content (AvgIpc) is 2.10. The molecule has 0 heterocycles. The summed E-state index contributed by atoms with van der Waals surface area (Å²) in [4.78, 5) is 13.6. The summed E-state index contributed by atoms with van der Waals surface area (Å²) in [5, 5.41) is 0. The lowest BCUT2D eigenvalue weighted by Gasteiger charge is -2.40. The molecule has 0 aromatic rings. The molecule has 1 atom stereocenters. The fraction of sp³-hybridized carbons (Fsp3) is 0.900. The van der Waals surface area contributed by atoms with Gasteiger partial charge in [0.05, 0.1) is 5.54 Å². The minimum atomic E-state index is -0.530. The molecule has 0 saturated heterocycles. The van der Waals surface area contributed by atoms with Gasteiger partial charge in [-0.3, -0.25) is 4.79 Å². The van der Waals surface area contributed by atoms with Gasteiger partial charge in [0.25, 0.3) is 0 Å². The van der Waals surface area contributed by atoms with Crippen LogP contribution in [0, 0.1) is 0 Å². The van der Waals surface area contributed by atoms with Crippen LogP contribution in [0.4, 0.5) is 0 Å². The van der Waals surface area contributed by atoms with Crippen molar-refractivity contribution in [2.75, 3.05) is 7.05 Å². The third-order valence-electron chi connectivity index (χ3n) is 3.24. The fourth-order valence-electron chi connectivity index (χ4n) is 1.60. The van der Waals surface area contributed by atoms with Gasteiger partial charge in [-0.15, -0.1) is 0 Å². The van der Waals surface area contributed by atoms with Crippen LogP contribution in [0.1, 0.15) is 39.5 Å². The number of rotatable bonds is 3. The highest BCUT2D eigenvalue weighted by molar-refractivity contribution is 5.87. The molecule has 2 N–H and O–H groups in total. The molecule has 0 aliphatic heterocycles. The minimum Gasteiger partial charge on any atom is -0.341 e. The number of likely N-dealkylation sites (N-methyl/N-ethyl adjacent to an activating group) is 1. The Balaban J connectivity index is 2.56. The van der Waals surface area contributed by atoms with Gasteiger partial charge in [-0.05, 0) is 32.6 Å². The van der Waals surface area contributed by atoms with E-state index in [9.17, 15) is 4.79 Å². The third-order valence-corrected chi connectivity index (χ3v) is 3.24. The van der Waals surface area contributed by atoms with Crippen LogP contribution < -0.4 is 5.73 Å². The first kappa shape index (κ1) is 10.5. The second kappa shape index (κ2) is 3.66. The maximum Gasteiger partial charge on any atom is 0.242 e. The highest BCUT2D eigenvalue weighted by Gasteiger charge is 2.42. The second-order valence-corrected chi connectivity index (χ2v) is 4.18. The molecule has 0 spiro atoms. The molecule has 0 aromatic carbocycles. The Labute approximate surface area is 80.3 Å². The average molecular weight is 184 g/mol. The lowest BCUT2D eigenvalue weighted by atomic mass is 9.76. The summed E-state index contributed by atoms with van der Waals surface area (Å²) < 4.78 is 0. The molecule has 1 aliphatic carbocycles. The van der Waals surface area contributed by atoms with Gasteiger partial charge in [-0.25, -0.2) is 0 Å². The van der Waals surface area contributed by atoms with Gasteiger partial charge in [0.15, 0.2) is 0 Å². The Kier molecular flexibility index (Phi) is 2.96. The molecule has 1 fully saturated rings. The molecule has 0 radical (unpaired) electrons. The van der Waals surface area contributed by atoms with E-state index in [1.807, 2.05) is 7.05 Å². The van der Waals surface area contributed by atoms with Crippen LogP contribution in [-0.2, 0) is 4.79 Å². The largest absolute Gasteiger partial charge is 0.341 e. The van der Waals surface area contributed by atoms with Crippen molar-refractivity contribution in [2.45, 2.75) is 51.1 Å². The molecule has 3 nitrogen and oxygen atoms in total. The number of nitrogens with zero attached hydrogens (tertiary/aromatic N) is 1. The van der Waals surface area contributed by atoms with E-state index in [0.717, 1.165) is 25.7 Å². The van der Waals surface area contributed by atoms with Crippen molar-refractivity contribution >= 4 is 5.91 Å². The first-order valence-electron chi connectivity index (χ1n) is 5.07. The minimum absolute atomic E-state index is 0.119. The van der Waals surface area contributed by atoms with Crippen LogP contribution in [0.3, 0.4) is 0 Å². The summed E-state index contributed by atoms with van der Waals surface area (Å²) in [5.74, 6) is 0.119. The number of nitrogens with two attached hydrogens (primary N) is 1. The van der Waals surface area contributed by atoms with Gasteiger partial charge < -0.3 is 10.6 Å². The molecule has 0 bridgehead atoms. The quantitative estimate of drug-likeness (QED) is 0.714. The Morgan fingerprint density at radius 1 is 1.62 bits per heavy atom.